The van der Waals surface area contributed by atoms with Crippen molar-refractivity contribution in [2.24, 2.45) is 12.0 Å². The first-order valence-electron chi connectivity index (χ1n) is 10.7. The lowest BCUT2D eigenvalue weighted by Gasteiger charge is -2.33. The molecule has 0 saturated carbocycles. The zero-order valence-corrected chi connectivity index (χ0v) is 18.4. The third-order valence-corrected chi connectivity index (χ3v) is 5.17. The first kappa shape index (κ1) is 22.6. The van der Waals surface area contributed by atoms with E-state index in [2.05, 4.69) is 46.5 Å². The average molecular weight is 394 g/mol. The molecule has 1 aromatic heterocycles. The van der Waals surface area contributed by atoms with Crippen LogP contribution in [0.25, 0.3) is 0 Å². The molecule has 0 aliphatic carbocycles. The summed E-state index contributed by atoms with van der Waals surface area (Å²) < 4.78 is 7.67. The SMILES string of the molecule is CCCCNC(=NCc1nnc(C)n1C)NC1CCN(CCOC(C)C)CC1. The molecule has 0 aromatic carbocycles. The molecular weight excluding hydrogens is 354 g/mol. The third-order valence-electron chi connectivity index (χ3n) is 5.17. The fourth-order valence-electron chi connectivity index (χ4n) is 3.19. The van der Waals surface area contributed by atoms with Crippen LogP contribution in [0.15, 0.2) is 4.99 Å². The molecule has 8 nitrogen and oxygen atoms in total. The minimum atomic E-state index is 0.310. The maximum atomic E-state index is 5.68. The van der Waals surface area contributed by atoms with Crippen molar-refractivity contribution in [3.05, 3.63) is 11.6 Å². The maximum Gasteiger partial charge on any atom is 0.191 e. The van der Waals surface area contributed by atoms with Crippen LogP contribution < -0.4 is 10.6 Å². The zero-order valence-electron chi connectivity index (χ0n) is 18.4. The minimum absolute atomic E-state index is 0.310. The number of hydrogen-bond donors (Lipinski definition) is 2. The number of guanidine groups is 1. The number of unbranched alkanes of at least 4 members (excludes halogenated alkanes) is 1. The van der Waals surface area contributed by atoms with Crippen molar-refractivity contribution in [1.29, 1.82) is 0 Å². The van der Waals surface area contributed by atoms with Gasteiger partial charge in [-0.3, -0.25) is 0 Å². The van der Waals surface area contributed by atoms with E-state index in [0.29, 0.717) is 18.7 Å². The van der Waals surface area contributed by atoms with Crippen LogP contribution in [0.1, 0.15) is 58.1 Å². The molecule has 1 aliphatic rings. The molecule has 0 unspecified atom stereocenters. The van der Waals surface area contributed by atoms with Crippen molar-refractivity contribution in [2.75, 3.05) is 32.8 Å². The Hall–Kier alpha value is -1.67. The zero-order chi connectivity index (χ0) is 20.4. The van der Waals surface area contributed by atoms with Gasteiger partial charge in [0.2, 0.25) is 0 Å². The number of aryl methyl sites for hydroxylation is 1. The van der Waals surface area contributed by atoms with Gasteiger partial charge in [-0.1, -0.05) is 13.3 Å². The summed E-state index contributed by atoms with van der Waals surface area (Å²) in [7, 11) is 1.98. The van der Waals surface area contributed by atoms with E-state index in [-0.39, 0.29) is 0 Å². The molecule has 2 N–H and O–H groups in total. The van der Waals surface area contributed by atoms with Crippen LogP contribution in [0.3, 0.4) is 0 Å². The summed E-state index contributed by atoms with van der Waals surface area (Å²) in [5.41, 5.74) is 0. The summed E-state index contributed by atoms with van der Waals surface area (Å²) in [4.78, 5) is 7.25. The highest BCUT2D eigenvalue weighted by Crippen LogP contribution is 2.10. The standard InChI is InChI=1S/C20H39N7O/c1-6-7-10-21-20(22-15-19-25-24-17(4)26(19)5)23-18-8-11-27(12-9-18)13-14-28-16(2)3/h16,18H,6-15H2,1-5H3,(H2,21,22,23). The summed E-state index contributed by atoms with van der Waals surface area (Å²) >= 11 is 0. The number of likely N-dealkylation sites (tertiary alicyclic amines) is 1. The third kappa shape index (κ3) is 7.75. The predicted molar refractivity (Wildman–Crippen MR) is 113 cm³/mol. The topological polar surface area (TPSA) is 79.6 Å². The van der Waals surface area contributed by atoms with Crippen molar-refractivity contribution in [2.45, 2.75) is 72.1 Å². The van der Waals surface area contributed by atoms with Crippen LogP contribution in [0, 0.1) is 6.92 Å². The van der Waals surface area contributed by atoms with E-state index in [0.717, 1.165) is 69.7 Å². The lowest BCUT2D eigenvalue weighted by Crippen LogP contribution is -2.49. The molecule has 0 bridgehead atoms. The van der Waals surface area contributed by atoms with E-state index in [4.69, 9.17) is 9.73 Å². The first-order valence-corrected chi connectivity index (χ1v) is 10.7. The van der Waals surface area contributed by atoms with Crippen molar-refractivity contribution >= 4 is 5.96 Å². The molecule has 160 valence electrons. The number of aromatic nitrogens is 3. The second-order valence-electron chi connectivity index (χ2n) is 7.85. The molecule has 8 heteroatoms. The second-order valence-corrected chi connectivity index (χ2v) is 7.85. The van der Waals surface area contributed by atoms with Gasteiger partial charge < -0.3 is 24.8 Å². The Bertz CT molecular complexity index is 591. The molecule has 1 aliphatic heterocycles. The van der Waals surface area contributed by atoms with Crippen LogP contribution in [0.5, 0.6) is 0 Å². The second kappa shape index (κ2) is 12.0. The van der Waals surface area contributed by atoms with Gasteiger partial charge in [0.05, 0.1) is 12.7 Å². The van der Waals surface area contributed by atoms with Gasteiger partial charge in [-0.25, -0.2) is 4.99 Å². The van der Waals surface area contributed by atoms with Crippen molar-refractivity contribution in [3.8, 4) is 0 Å². The van der Waals surface area contributed by atoms with Crippen LogP contribution >= 0.6 is 0 Å². The number of aliphatic imine (C=N–C) groups is 1. The van der Waals surface area contributed by atoms with Crippen LogP contribution in [-0.4, -0.2) is 70.6 Å². The fourth-order valence-corrected chi connectivity index (χ4v) is 3.19. The fraction of sp³-hybridized carbons (Fsp3) is 0.850. The smallest absolute Gasteiger partial charge is 0.191 e. The molecule has 1 fully saturated rings. The van der Waals surface area contributed by atoms with Gasteiger partial charge in [0, 0.05) is 39.3 Å². The highest BCUT2D eigenvalue weighted by Gasteiger charge is 2.20. The van der Waals surface area contributed by atoms with Crippen LogP contribution in [0.4, 0.5) is 0 Å². The molecular formula is C20H39N7O. The molecule has 0 radical (unpaired) electrons. The monoisotopic (exact) mass is 393 g/mol. The number of nitrogens with zero attached hydrogens (tertiary/aromatic N) is 5. The Balaban J connectivity index is 1.83. The maximum absolute atomic E-state index is 5.68. The Morgan fingerprint density at radius 2 is 2.04 bits per heavy atom. The number of nitrogens with one attached hydrogen (secondary N) is 2. The van der Waals surface area contributed by atoms with Gasteiger partial charge >= 0.3 is 0 Å². The minimum Gasteiger partial charge on any atom is -0.377 e. The number of rotatable bonds is 10. The lowest BCUT2D eigenvalue weighted by molar-refractivity contribution is 0.0532. The molecule has 2 heterocycles. The largest absolute Gasteiger partial charge is 0.377 e. The molecule has 28 heavy (non-hydrogen) atoms. The van der Waals surface area contributed by atoms with E-state index in [1.807, 2.05) is 18.5 Å². The van der Waals surface area contributed by atoms with Crippen molar-refractivity contribution < 1.29 is 4.74 Å². The number of ether oxygens (including phenoxy) is 1. The van der Waals surface area contributed by atoms with Gasteiger partial charge in [0.1, 0.15) is 12.4 Å². The average Bonchev–Trinajstić information content (AvgIpc) is 2.99. The number of piperidine rings is 1. The van der Waals surface area contributed by atoms with Gasteiger partial charge in [0.15, 0.2) is 11.8 Å². The van der Waals surface area contributed by atoms with Crippen LogP contribution in [0.2, 0.25) is 0 Å². The van der Waals surface area contributed by atoms with E-state index >= 15 is 0 Å². The Morgan fingerprint density at radius 1 is 1.29 bits per heavy atom. The van der Waals surface area contributed by atoms with E-state index in [9.17, 15) is 0 Å². The summed E-state index contributed by atoms with van der Waals surface area (Å²) in [6.45, 7) is 13.8. The van der Waals surface area contributed by atoms with Crippen molar-refractivity contribution in [3.63, 3.8) is 0 Å². The summed E-state index contributed by atoms with van der Waals surface area (Å²) in [6, 6.07) is 0.455. The molecule has 0 atom stereocenters. The van der Waals surface area contributed by atoms with Gasteiger partial charge in [-0.15, -0.1) is 10.2 Å². The molecule has 2 rings (SSSR count). The summed E-state index contributed by atoms with van der Waals surface area (Å²) in [6.07, 6.45) is 4.86. The van der Waals surface area contributed by atoms with Gasteiger partial charge in [0.25, 0.3) is 0 Å². The van der Waals surface area contributed by atoms with Gasteiger partial charge in [-0.05, 0) is 40.0 Å². The quantitative estimate of drug-likeness (QED) is 0.359. The molecule has 1 aromatic rings. The van der Waals surface area contributed by atoms with E-state index in [1.54, 1.807) is 0 Å². The van der Waals surface area contributed by atoms with Crippen LogP contribution in [-0.2, 0) is 18.3 Å². The summed E-state index contributed by atoms with van der Waals surface area (Å²) in [5.74, 6) is 2.68. The van der Waals surface area contributed by atoms with Gasteiger partial charge in [-0.2, -0.15) is 0 Å². The lowest BCUT2D eigenvalue weighted by atomic mass is 10.1. The Kier molecular flexibility index (Phi) is 9.70. The van der Waals surface area contributed by atoms with E-state index < -0.39 is 0 Å². The summed E-state index contributed by atoms with van der Waals surface area (Å²) in [5, 5.41) is 15.4. The molecule has 0 amide bonds. The Labute approximate surface area is 170 Å². The molecule has 1 saturated heterocycles. The Morgan fingerprint density at radius 3 is 2.64 bits per heavy atom. The van der Waals surface area contributed by atoms with Crippen molar-refractivity contribution in [1.82, 2.24) is 30.3 Å². The molecule has 0 spiro atoms. The number of hydrogen-bond acceptors (Lipinski definition) is 5. The first-order chi connectivity index (χ1) is 13.5. The highest BCUT2D eigenvalue weighted by molar-refractivity contribution is 5.80. The normalized spacial score (nSPS) is 16.7. The van der Waals surface area contributed by atoms with E-state index in [1.165, 1.54) is 6.42 Å². The predicted octanol–water partition coefficient (Wildman–Crippen LogP) is 1.85. The highest BCUT2D eigenvalue weighted by atomic mass is 16.5.